The highest BCUT2D eigenvalue weighted by molar-refractivity contribution is 7.99. The first kappa shape index (κ1) is 17.8. The molecule has 0 saturated heterocycles. The number of rotatable bonds is 3. The van der Waals surface area contributed by atoms with Gasteiger partial charge in [-0.25, -0.2) is 0 Å². The van der Waals surface area contributed by atoms with Crippen LogP contribution in [0.1, 0.15) is 30.4 Å². The SMILES string of the molecule is CC(=O)[C@H]1C[C@@]2(C(C#N)C#N)c3ccccc3SC[C@H]2[C@@H]1c1ccccc1. The maximum absolute atomic E-state index is 12.7. The number of ketones is 1. The van der Waals surface area contributed by atoms with Crippen LogP contribution in [-0.4, -0.2) is 11.5 Å². The fourth-order valence-corrected chi connectivity index (χ4v) is 6.70. The number of thioether (sulfide) groups is 1. The smallest absolute Gasteiger partial charge is 0.143 e. The lowest BCUT2D eigenvalue weighted by molar-refractivity contribution is -0.121. The van der Waals surface area contributed by atoms with Crippen molar-refractivity contribution in [2.75, 3.05) is 5.75 Å². The van der Waals surface area contributed by atoms with Gasteiger partial charge in [0.15, 0.2) is 0 Å². The molecule has 1 heterocycles. The van der Waals surface area contributed by atoms with Crippen molar-refractivity contribution in [1.82, 2.24) is 0 Å². The van der Waals surface area contributed by atoms with E-state index >= 15 is 0 Å². The van der Waals surface area contributed by atoms with Crippen LogP contribution in [0.25, 0.3) is 0 Å². The van der Waals surface area contributed by atoms with E-state index in [0.717, 1.165) is 21.8 Å². The lowest BCUT2D eigenvalue weighted by Crippen LogP contribution is -2.42. The van der Waals surface area contributed by atoms with E-state index < -0.39 is 11.3 Å². The largest absolute Gasteiger partial charge is 0.300 e. The summed E-state index contributed by atoms with van der Waals surface area (Å²) in [6.45, 7) is 1.65. The van der Waals surface area contributed by atoms with Crippen molar-refractivity contribution in [1.29, 1.82) is 10.5 Å². The van der Waals surface area contributed by atoms with E-state index in [9.17, 15) is 15.3 Å². The average molecular weight is 372 g/mol. The van der Waals surface area contributed by atoms with Crippen LogP contribution in [-0.2, 0) is 10.2 Å². The van der Waals surface area contributed by atoms with E-state index in [0.29, 0.717) is 6.42 Å². The van der Waals surface area contributed by atoms with Crippen LogP contribution >= 0.6 is 11.8 Å². The van der Waals surface area contributed by atoms with Gasteiger partial charge < -0.3 is 0 Å². The minimum atomic E-state index is -0.764. The predicted octanol–water partition coefficient (Wildman–Crippen LogP) is 4.70. The molecule has 1 aliphatic heterocycles. The summed E-state index contributed by atoms with van der Waals surface area (Å²) in [5.41, 5.74) is 1.62. The second kappa shape index (κ2) is 6.87. The molecule has 2 aromatic carbocycles. The molecular formula is C23H20N2OS. The Hall–Kier alpha value is -2.56. The summed E-state index contributed by atoms with van der Waals surface area (Å²) in [4.78, 5) is 13.8. The van der Waals surface area contributed by atoms with Crippen molar-refractivity contribution in [3.05, 3.63) is 65.7 Å². The molecule has 0 spiro atoms. The number of Topliss-reactive ketones (excluding diaryl/α,β-unsaturated/α-hetero) is 1. The Kier molecular flexibility index (Phi) is 4.54. The van der Waals surface area contributed by atoms with Crippen LogP contribution in [0.2, 0.25) is 0 Å². The Labute approximate surface area is 164 Å². The summed E-state index contributed by atoms with van der Waals surface area (Å²) < 4.78 is 0. The first-order valence-electron chi connectivity index (χ1n) is 9.20. The highest BCUT2D eigenvalue weighted by Gasteiger charge is 2.61. The van der Waals surface area contributed by atoms with Gasteiger partial charge in [0, 0.05) is 22.0 Å². The van der Waals surface area contributed by atoms with E-state index in [1.165, 1.54) is 0 Å². The molecule has 0 radical (unpaired) electrons. The number of carbonyl (C=O) groups excluding carboxylic acids is 1. The first-order chi connectivity index (χ1) is 13.1. The van der Waals surface area contributed by atoms with Crippen LogP contribution in [0.15, 0.2) is 59.5 Å². The normalized spacial score (nSPS) is 28.7. The van der Waals surface area contributed by atoms with Gasteiger partial charge in [0.2, 0.25) is 0 Å². The van der Waals surface area contributed by atoms with E-state index in [1.807, 2.05) is 30.3 Å². The second-order valence-electron chi connectivity index (χ2n) is 7.50. The third-order valence-electron chi connectivity index (χ3n) is 6.37. The van der Waals surface area contributed by atoms with Crippen molar-refractivity contribution in [2.45, 2.75) is 29.6 Å². The molecular weight excluding hydrogens is 352 g/mol. The van der Waals surface area contributed by atoms with E-state index in [2.05, 4.69) is 36.4 Å². The maximum Gasteiger partial charge on any atom is 0.143 e. The molecule has 4 heteroatoms. The number of fused-ring (bicyclic) bond motifs is 3. The lowest BCUT2D eigenvalue weighted by Gasteiger charge is -2.43. The van der Waals surface area contributed by atoms with E-state index in [4.69, 9.17) is 0 Å². The molecule has 0 unspecified atom stereocenters. The summed E-state index contributed by atoms with van der Waals surface area (Å²) in [5.74, 6) is 0.148. The minimum absolute atomic E-state index is 0.0359. The molecule has 0 N–H and O–H groups in total. The standard InChI is InChI=1S/C23H20N2OS/c1-15(26)18-11-23(17(12-24)13-25)19-9-5-6-10-21(19)27-14-20(23)22(18)16-7-3-2-4-8-16/h2-10,17-18,20,22H,11,14H2,1H3/t18-,20+,22-,23-/m1/s1. The Morgan fingerprint density at radius 1 is 1.11 bits per heavy atom. The van der Waals surface area contributed by atoms with Gasteiger partial charge in [-0.05, 0) is 42.4 Å². The zero-order valence-corrected chi connectivity index (χ0v) is 15.9. The molecule has 134 valence electrons. The fraction of sp³-hybridized carbons (Fsp3) is 0.348. The monoisotopic (exact) mass is 372 g/mol. The number of nitriles is 2. The molecule has 27 heavy (non-hydrogen) atoms. The van der Waals surface area contributed by atoms with Gasteiger partial charge in [0.1, 0.15) is 11.7 Å². The second-order valence-corrected chi connectivity index (χ2v) is 8.56. The van der Waals surface area contributed by atoms with Gasteiger partial charge in [0.05, 0.1) is 12.1 Å². The van der Waals surface area contributed by atoms with Crippen LogP contribution in [0.3, 0.4) is 0 Å². The zero-order valence-electron chi connectivity index (χ0n) is 15.1. The van der Waals surface area contributed by atoms with Gasteiger partial charge in [-0.15, -0.1) is 11.8 Å². The number of hydrogen-bond acceptors (Lipinski definition) is 4. The molecule has 1 saturated carbocycles. The fourth-order valence-electron chi connectivity index (χ4n) is 5.24. The molecule has 1 aliphatic carbocycles. The molecule has 2 aliphatic rings. The van der Waals surface area contributed by atoms with Gasteiger partial charge in [-0.1, -0.05) is 48.5 Å². The third-order valence-corrected chi connectivity index (χ3v) is 7.57. The van der Waals surface area contributed by atoms with Crippen molar-refractivity contribution in [3.8, 4) is 12.1 Å². The Morgan fingerprint density at radius 3 is 2.44 bits per heavy atom. The third kappa shape index (κ3) is 2.59. The van der Waals surface area contributed by atoms with Gasteiger partial charge in [-0.3, -0.25) is 4.79 Å². The molecule has 4 atom stereocenters. The van der Waals surface area contributed by atoms with E-state index in [-0.39, 0.29) is 23.5 Å². The number of carbonyl (C=O) groups is 1. The zero-order chi connectivity index (χ0) is 19.0. The lowest BCUT2D eigenvalue weighted by atomic mass is 9.63. The highest BCUT2D eigenvalue weighted by atomic mass is 32.2. The number of benzene rings is 2. The van der Waals surface area contributed by atoms with Crippen molar-refractivity contribution < 1.29 is 4.79 Å². The van der Waals surface area contributed by atoms with Gasteiger partial charge in [0.25, 0.3) is 0 Å². The Bertz CT molecular complexity index is 944. The summed E-state index contributed by atoms with van der Waals surface area (Å²) >= 11 is 1.78. The summed E-state index contributed by atoms with van der Waals surface area (Å²) in [6.07, 6.45) is 0.565. The van der Waals surface area contributed by atoms with Gasteiger partial charge in [-0.2, -0.15) is 10.5 Å². The molecule has 0 amide bonds. The molecule has 3 nitrogen and oxygen atoms in total. The van der Waals surface area contributed by atoms with E-state index in [1.54, 1.807) is 18.7 Å². The van der Waals surface area contributed by atoms with Crippen molar-refractivity contribution >= 4 is 17.5 Å². The summed E-state index contributed by atoms with van der Waals surface area (Å²) in [5, 5.41) is 19.7. The maximum atomic E-state index is 12.7. The topological polar surface area (TPSA) is 64.7 Å². The van der Waals surface area contributed by atoms with Crippen molar-refractivity contribution in [2.24, 2.45) is 17.8 Å². The number of hydrogen-bond donors (Lipinski definition) is 0. The molecule has 0 aromatic heterocycles. The summed E-state index contributed by atoms with van der Waals surface area (Å²) in [6, 6.07) is 22.8. The minimum Gasteiger partial charge on any atom is -0.300 e. The van der Waals surface area contributed by atoms with Crippen LogP contribution in [0, 0.1) is 40.4 Å². The van der Waals surface area contributed by atoms with Crippen LogP contribution in [0.5, 0.6) is 0 Å². The molecule has 1 fully saturated rings. The highest BCUT2D eigenvalue weighted by Crippen LogP contribution is 2.63. The molecule has 0 bridgehead atoms. The first-order valence-corrected chi connectivity index (χ1v) is 10.2. The average Bonchev–Trinajstić information content (AvgIpc) is 3.06. The van der Waals surface area contributed by atoms with Crippen molar-refractivity contribution in [3.63, 3.8) is 0 Å². The summed E-state index contributed by atoms with van der Waals surface area (Å²) in [7, 11) is 0. The Morgan fingerprint density at radius 2 is 1.78 bits per heavy atom. The Balaban J connectivity index is 1.96. The number of nitrogens with zero attached hydrogens (tertiary/aromatic N) is 2. The quantitative estimate of drug-likeness (QED) is 0.783. The van der Waals surface area contributed by atoms with Gasteiger partial charge >= 0.3 is 0 Å². The van der Waals surface area contributed by atoms with Crippen LogP contribution < -0.4 is 0 Å². The molecule has 2 aromatic rings. The predicted molar refractivity (Wildman–Crippen MR) is 105 cm³/mol. The molecule has 4 rings (SSSR count). The van der Waals surface area contributed by atoms with Crippen LogP contribution in [0.4, 0.5) is 0 Å².